The van der Waals surface area contributed by atoms with Crippen LogP contribution in [0, 0.1) is 0 Å². The van der Waals surface area contributed by atoms with E-state index in [1.165, 1.54) is 5.56 Å². The fourth-order valence-electron chi connectivity index (χ4n) is 3.45. The van der Waals surface area contributed by atoms with Gasteiger partial charge in [0.2, 0.25) is 0 Å². The molecule has 2 aromatic carbocycles. The highest BCUT2D eigenvalue weighted by Gasteiger charge is 2.44. The molecule has 1 saturated carbocycles. The highest BCUT2D eigenvalue weighted by atomic mass is 35.5. The van der Waals surface area contributed by atoms with Crippen LogP contribution in [-0.4, -0.2) is 33.8 Å². The van der Waals surface area contributed by atoms with Gasteiger partial charge >= 0.3 is 0 Å². The summed E-state index contributed by atoms with van der Waals surface area (Å²) in [6, 6.07) is 18.2. The van der Waals surface area contributed by atoms with Crippen LogP contribution < -0.4 is 10.6 Å². The minimum absolute atomic E-state index is 0.144. The van der Waals surface area contributed by atoms with E-state index in [2.05, 4.69) is 39.9 Å². The molecule has 3 aromatic rings. The minimum Gasteiger partial charge on any atom is -0.357 e. The Morgan fingerprint density at radius 3 is 2.69 bits per heavy atom. The van der Waals surface area contributed by atoms with Crippen molar-refractivity contribution in [3.63, 3.8) is 0 Å². The van der Waals surface area contributed by atoms with Crippen LogP contribution in [0.5, 0.6) is 0 Å². The van der Waals surface area contributed by atoms with E-state index in [0.29, 0.717) is 6.54 Å². The predicted molar refractivity (Wildman–Crippen MR) is 117 cm³/mol. The molecular formula is C22H25ClN6. The molecule has 0 atom stereocenters. The first-order chi connectivity index (χ1) is 14.2. The molecule has 29 heavy (non-hydrogen) atoms. The Balaban J connectivity index is 1.45. The summed E-state index contributed by atoms with van der Waals surface area (Å²) in [5, 5.41) is 15.9. The molecule has 1 fully saturated rings. The zero-order valence-electron chi connectivity index (χ0n) is 16.5. The molecular weight excluding hydrogens is 384 g/mol. The summed E-state index contributed by atoms with van der Waals surface area (Å²) >= 11 is 6.19. The maximum atomic E-state index is 6.19. The van der Waals surface area contributed by atoms with Gasteiger partial charge < -0.3 is 10.6 Å². The van der Waals surface area contributed by atoms with Crippen molar-refractivity contribution in [2.45, 2.75) is 31.7 Å². The van der Waals surface area contributed by atoms with Crippen LogP contribution in [0.3, 0.4) is 0 Å². The fraction of sp³-hybridized carbons (Fsp3) is 0.318. The number of aromatic nitrogens is 3. The lowest BCUT2D eigenvalue weighted by molar-refractivity contribution is 0.645. The second-order valence-electron chi connectivity index (χ2n) is 7.29. The summed E-state index contributed by atoms with van der Waals surface area (Å²) in [7, 11) is 0. The summed E-state index contributed by atoms with van der Waals surface area (Å²) in [5.41, 5.74) is 2.46. The Morgan fingerprint density at radius 1 is 1.14 bits per heavy atom. The van der Waals surface area contributed by atoms with E-state index in [9.17, 15) is 0 Å². The van der Waals surface area contributed by atoms with Crippen LogP contribution >= 0.6 is 11.6 Å². The average Bonchev–Trinajstić information content (AvgIpc) is 3.40. The molecule has 4 rings (SSSR count). The molecule has 1 aliphatic rings. The van der Waals surface area contributed by atoms with Crippen molar-refractivity contribution in [1.29, 1.82) is 0 Å². The molecule has 0 amide bonds. The maximum absolute atomic E-state index is 6.19. The van der Waals surface area contributed by atoms with Crippen molar-refractivity contribution < 1.29 is 0 Å². The number of rotatable bonds is 7. The molecule has 6 nitrogen and oxygen atoms in total. The number of hydrogen-bond acceptors (Lipinski definition) is 3. The maximum Gasteiger partial charge on any atom is 0.191 e. The molecule has 0 aliphatic heterocycles. The van der Waals surface area contributed by atoms with Crippen molar-refractivity contribution in [1.82, 2.24) is 25.4 Å². The second kappa shape index (κ2) is 8.66. The smallest absolute Gasteiger partial charge is 0.191 e. The third kappa shape index (κ3) is 4.59. The second-order valence-corrected chi connectivity index (χ2v) is 7.73. The summed E-state index contributed by atoms with van der Waals surface area (Å²) < 4.78 is 1.96. The molecule has 1 aliphatic carbocycles. The Kier molecular flexibility index (Phi) is 5.81. The number of benzene rings is 2. The molecule has 7 heteroatoms. The third-order valence-corrected chi connectivity index (χ3v) is 5.50. The Bertz CT molecular complexity index is 978. The topological polar surface area (TPSA) is 67.1 Å². The third-order valence-electron chi connectivity index (χ3n) is 5.26. The van der Waals surface area contributed by atoms with Crippen molar-refractivity contribution >= 4 is 17.6 Å². The van der Waals surface area contributed by atoms with Crippen LogP contribution in [0.15, 0.2) is 65.9 Å². The standard InChI is InChI=1S/C22H25ClN6/c1-2-24-21(26-15-22(11-12-22)17-7-6-8-18(23)13-17)25-14-20-28-27-16-29(20)19-9-4-3-5-10-19/h3-10,13,16H,2,11-12,14-15H2,1H3,(H2,24,25,26). The molecule has 150 valence electrons. The SMILES string of the molecule is CCNC(=NCc1nncn1-c1ccccc1)NCC1(c2cccc(Cl)c2)CC1. The van der Waals surface area contributed by atoms with E-state index in [0.717, 1.165) is 48.4 Å². The summed E-state index contributed by atoms with van der Waals surface area (Å²) in [4.78, 5) is 4.73. The lowest BCUT2D eigenvalue weighted by Crippen LogP contribution is -2.41. The van der Waals surface area contributed by atoms with Crippen molar-refractivity contribution in [3.05, 3.63) is 77.3 Å². The monoisotopic (exact) mass is 408 g/mol. The van der Waals surface area contributed by atoms with E-state index in [-0.39, 0.29) is 5.41 Å². The molecule has 1 heterocycles. The minimum atomic E-state index is 0.144. The Morgan fingerprint density at radius 2 is 1.97 bits per heavy atom. The van der Waals surface area contributed by atoms with E-state index >= 15 is 0 Å². The van der Waals surface area contributed by atoms with Gasteiger partial charge in [0.25, 0.3) is 0 Å². The van der Waals surface area contributed by atoms with Gasteiger partial charge in [-0.2, -0.15) is 0 Å². The van der Waals surface area contributed by atoms with E-state index in [4.69, 9.17) is 16.6 Å². The molecule has 0 spiro atoms. The number of hydrogen-bond donors (Lipinski definition) is 2. The van der Waals surface area contributed by atoms with Crippen molar-refractivity contribution in [2.24, 2.45) is 4.99 Å². The number of aliphatic imine (C=N–C) groups is 1. The molecule has 1 aromatic heterocycles. The van der Waals surface area contributed by atoms with Gasteiger partial charge in [-0.15, -0.1) is 10.2 Å². The first-order valence-electron chi connectivity index (χ1n) is 9.93. The quantitative estimate of drug-likeness (QED) is 0.462. The van der Waals surface area contributed by atoms with Crippen LogP contribution in [0.4, 0.5) is 0 Å². The highest BCUT2D eigenvalue weighted by molar-refractivity contribution is 6.30. The van der Waals surface area contributed by atoms with Crippen LogP contribution in [-0.2, 0) is 12.0 Å². The van der Waals surface area contributed by atoms with Gasteiger partial charge in [-0.05, 0) is 49.6 Å². The van der Waals surface area contributed by atoms with E-state index < -0.39 is 0 Å². The Labute approximate surface area is 176 Å². The molecule has 0 unspecified atom stereocenters. The number of nitrogens with one attached hydrogen (secondary N) is 2. The van der Waals surface area contributed by atoms with E-state index in [1.807, 2.05) is 47.0 Å². The normalized spacial score (nSPS) is 15.2. The lowest BCUT2D eigenvalue weighted by Gasteiger charge is -2.19. The summed E-state index contributed by atoms with van der Waals surface area (Å²) in [5.74, 6) is 1.58. The molecule has 2 N–H and O–H groups in total. The van der Waals surface area contributed by atoms with Gasteiger partial charge in [0, 0.05) is 29.2 Å². The summed E-state index contributed by atoms with van der Waals surface area (Å²) in [6.45, 7) is 4.12. The van der Waals surface area contributed by atoms with E-state index in [1.54, 1.807) is 6.33 Å². The number of para-hydroxylation sites is 1. The molecule has 0 bridgehead atoms. The zero-order chi connectivity index (χ0) is 20.1. The number of halogens is 1. The molecule has 0 saturated heterocycles. The molecule has 0 radical (unpaired) electrons. The van der Waals surface area contributed by atoms with Gasteiger partial charge in [0.1, 0.15) is 12.9 Å². The lowest BCUT2D eigenvalue weighted by atomic mass is 9.96. The van der Waals surface area contributed by atoms with Gasteiger partial charge in [0.15, 0.2) is 11.8 Å². The van der Waals surface area contributed by atoms with Crippen LogP contribution in [0.2, 0.25) is 5.02 Å². The van der Waals surface area contributed by atoms with Gasteiger partial charge in [-0.25, -0.2) is 4.99 Å². The van der Waals surface area contributed by atoms with Crippen molar-refractivity contribution in [2.75, 3.05) is 13.1 Å². The summed E-state index contributed by atoms with van der Waals surface area (Å²) in [6.07, 6.45) is 4.03. The average molecular weight is 409 g/mol. The van der Waals surface area contributed by atoms with Crippen LogP contribution in [0.25, 0.3) is 5.69 Å². The predicted octanol–water partition coefficient (Wildman–Crippen LogP) is 3.71. The van der Waals surface area contributed by atoms with Gasteiger partial charge in [-0.3, -0.25) is 4.57 Å². The first kappa shape index (κ1) is 19.5. The van der Waals surface area contributed by atoms with Crippen LogP contribution in [0.1, 0.15) is 31.2 Å². The van der Waals surface area contributed by atoms with Gasteiger partial charge in [0.05, 0.1) is 0 Å². The largest absolute Gasteiger partial charge is 0.357 e. The van der Waals surface area contributed by atoms with Gasteiger partial charge in [-0.1, -0.05) is 41.9 Å². The number of nitrogens with zero attached hydrogens (tertiary/aromatic N) is 4. The highest BCUT2D eigenvalue weighted by Crippen LogP contribution is 2.48. The number of guanidine groups is 1. The first-order valence-corrected chi connectivity index (χ1v) is 10.3. The Hall–Kier alpha value is -2.86. The van der Waals surface area contributed by atoms with Crippen molar-refractivity contribution in [3.8, 4) is 5.69 Å². The fourth-order valence-corrected chi connectivity index (χ4v) is 3.64. The zero-order valence-corrected chi connectivity index (χ0v) is 17.2.